The van der Waals surface area contributed by atoms with Gasteiger partial charge in [-0.1, -0.05) is 88.4 Å². The van der Waals surface area contributed by atoms with Crippen LogP contribution >= 0.6 is 0 Å². The van der Waals surface area contributed by atoms with Crippen LogP contribution in [-0.4, -0.2) is 0 Å². The van der Waals surface area contributed by atoms with E-state index in [-0.39, 0.29) is 10.8 Å². The van der Waals surface area contributed by atoms with Crippen LogP contribution in [-0.2, 0) is 10.8 Å². The van der Waals surface area contributed by atoms with Gasteiger partial charge >= 0.3 is 0 Å². The number of rotatable bonds is 4. The topological polar surface area (TPSA) is 0 Å². The second kappa shape index (κ2) is 5.21. The molecule has 0 aliphatic rings. The van der Waals surface area contributed by atoms with Gasteiger partial charge in [-0.2, -0.15) is 0 Å². The van der Waals surface area contributed by atoms with Crippen molar-refractivity contribution in [1.82, 2.24) is 0 Å². The molecule has 0 saturated heterocycles. The molecule has 2 aromatic rings. The summed E-state index contributed by atoms with van der Waals surface area (Å²) in [5, 5.41) is 0. The number of hydrogen-bond acceptors (Lipinski definition) is 0. The number of benzene rings is 2. The van der Waals surface area contributed by atoms with Crippen molar-refractivity contribution in [1.29, 1.82) is 0 Å². The Hall–Kier alpha value is -1.56. The Kier molecular flexibility index (Phi) is 3.80. The summed E-state index contributed by atoms with van der Waals surface area (Å²) in [6, 6.07) is 21.2. The van der Waals surface area contributed by atoms with Crippen molar-refractivity contribution >= 4 is 0 Å². The van der Waals surface area contributed by atoms with Gasteiger partial charge in [0, 0.05) is 6.42 Å². The van der Waals surface area contributed by atoms with Gasteiger partial charge < -0.3 is 0 Å². The van der Waals surface area contributed by atoms with Gasteiger partial charge in [-0.25, -0.2) is 0 Å². The largest absolute Gasteiger partial charge is 0.0622 e. The van der Waals surface area contributed by atoms with E-state index in [0.717, 1.165) is 0 Å². The van der Waals surface area contributed by atoms with Crippen molar-refractivity contribution in [2.45, 2.75) is 38.5 Å². The highest BCUT2D eigenvalue weighted by molar-refractivity contribution is 5.34. The van der Waals surface area contributed by atoms with Crippen molar-refractivity contribution in [3.8, 4) is 0 Å². The zero-order valence-corrected chi connectivity index (χ0v) is 12.3. The highest BCUT2D eigenvalue weighted by Gasteiger charge is 2.32. The van der Waals surface area contributed by atoms with Crippen molar-refractivity contribution < 1.29 is 0 Å². The monoisotopic (exact) mass is 250 g/mol. The Morgan fingerprint density at radius 3 is 1.21 bits per heavy atom. The van der Waals surface area contributed by atoms with E-state index in [2.05, 4.69) is 94.8 Å². The molecule has 0 heteroatoms. The normalized spacial score (nSPS) is 12.4. The molecule has 0 heterocycles. The lowest BCUT2D eigenvalue weighted by atomic mass is 9.69. The lowest BCUT2D eigenvalue weighted by molar-refractivity contribution is 0.474. The van der Waals surface area contributed by atoms with E-state index in [9.17, 15) is 0 Å². The van der Waals surface area contributed by atoms with Crippen LogP contribution in [0.2, 0.25) is 0 Å². The van der Waals surface area contributed by atoms with Gasteiger partial charge in [0.25, 0.3) is 0 Å². The molecular formula is C19H22. The lowest BCUT2D eigenvalue weighted by Gasteiger charge is -2.35. The van der Waals surface area contributed by atoms with E-state index >= 15 is 0 Å². The van der Waals surface area contributed by atoms with Gasteiger partial charge in [0.05, 0.1) is 0 Å². The van der Waals surface area contributed by atoms with Gasteiger partial charge in [-0.15, -0.1) is 0 Å². The summed E-state index contributed by atoms with van der Waals surface area (Å²) in [6.07, 6.45) is 3.77. The second-order valence-electron chi connectivity index (χ2n) is 6.11. The van der Waals surface area contributed by atoms with Crippen LogP contribution in [0.4, 0.5) is 0 Å². The van der Waals surface area contributed by atoms with Crippen molar-refractivity contribution in [3.63, 3.8) is 0 Å². The van der Waals surface area contributed by atoms with E-state index in [1.807, 2.05) is 0 Å². The molecule has 0 atom stereocenters. The summed E-state index contributed by atoms with van der Waals surface area (Å²) in [7, 11) is 0. The maximum absolute atomic E-state index is 3.77. The van der Waals surface area contributed by atoms with Gasteiger partial charge in [-0.3, -0.25) is 0 Å². The zero-order valence-electron chi connectivity index (χ0n) is 12.3. The van der Waals surface area contributed by atoms with Crippen LogP contribution in [0.3, 0.4) is 0 Å². The summed E-state index contributed by atoms with van der Waals surface area (Å²) in [5.74, 6) is 0. The third-order valence-corrected chi connectivity index (χ3v) is 3.62. The zero-order chi connectivity index (χ0) is 13.9. The van der Waals surface area contributed by atoms with E-state index in [1.54, 1.807) is 0 Å². The molecule has 0 spiro atoms. The highest BCUT2D eigenvalue weighted by Crippen LogP contribution is 2.37. The molecule has 2 rings (SSSR count). The molecule has 0 amide bonds. The minimum Gasteiger partial charge on any atom is -0.0622 e. The third-order valence-electron chi connectivity index (χ3n) is 3.62. The maximum atomic E-state index is 3.77. The standard InChI is InChI=1S/C19H22/c1-18(2,16-11-7-5-8-12-16)15-19(3,4)17-13-9-6-10-14-17/h5-14H,1-4H3. The van der Waals surface area contributed by atoms with E-state index in [4.69, 9.17) is 0 Å². The SMILES string of the molecule is CC(C)([C]C(C)(C)c1ccccc1)c1ccccc1. The van der Waals surface area contributed by atoms with Crippen LogP contribution in [0.25, 0.3) is 0 Å². The summed E-state index contributed by atoms with van der Waals surface area (Å²) >= 11 is 0. The molecule has 0 aliphatic heterocycles. The second-order valence-corrected chi connectivity index (χ2v) is 6.11. The molecule has 0 saturated carbocycles. The minimum atomic E-state index is -0.0688. The molecule has 0 bridgehead atoms. The van der Waals surface area contributed by atoms with E-state index < -0.39 is 0 Å². The quantitative estimate of drug-likeness (QED) is 0.714. The Morgan fingerprint density at radius 2 is 0.895 bits per heavy atom. The number of hydrogen-bond donors (Lipinski definition) is 0. The summed E-state index contributed by atoms with van der Waals surface area (Å²) in [4.78, 5) is 0. The maximum Gasteiger partial charge on any atom is 0.00442 e. The van der Waals surface area contributed by atoms with E-state index in [0.29, 0.717) is 0 Å². The molecule has 2 aromatic carbocycles. The average Bonchev–Trinajstić information content (AvgIpc) is 2.40. The Bertz CT molecular complexity index is 457. The first kappa shape index (κ1) is 13.9. The predicted molar refractivity (Wildman–Crippen MR) is 82.2 cm³/mol. The van der Waals surface area contributed by atoms with Gasteiger partial charge in [0.15, 0.2) is 0 Å². The van der Waals surface area contributed by atoms with Crippen molar-refractivity contribution in [2.24, 2.45) is 0 Å². The van der Waals surface area contributed by atoms with Gasteiger partial charge in [0.1, 0.15) is 0 Å². The summed E-state index contributed by atoms with van der Waals surface area (Å²) in [6.45, 7) is 8.92. The summed E-state index contributed by atoms with van der Waals surface area (Å²) < 4.78 is 0. The smallest absolute Gasteiger partial charge is 0.00442 e. The predicted octanol–water partition coefficient (Wildman–Crippen LogP) is 5.02. The Labute approximate surface area is 117 Å². The van der Waals surface area contributed by atoms with Gasteiger partial charge in [0.2, 0.25) is 0 Å². The molecule has 0 fully saturated rings. The van der Waals surface area contributed by atoms with Gasteiger partial charge in [-0.05, 0) is 22.0 Å². The molecular weight excluding hydrogens is 228 g/mol. The van der Waals surface area contributed by atoms with Crippen LogP contribution in [0.5, 0.6) is 0 Å². The molecule has 0 N–H and O–H groups in total. The molecule has 98 valence electrons. The first-order chi connectivity index (χ1) is 8.92. The van der Waals surface area contributed by atoms with Crippen LogP contribution < -0.4 is 0 Å². The lowest BCUT2D eigenvalue weighted by Crippen LogP contribution is -2.30. The average molecular weight is 250 g/mol. The first-order valence-electron chi connectivity index (χ1n) is 6.82. The molecule has 19 heavy (non-hydrogen) atoms. The van der Waals surface area contributed by atoms with Crippen molar-refractivity contribution in [2.75, 3.05) is 0 Å². The highest BCUT2D eigenvalue weighted by atomic mass is 14.3. The molecule has 2 radical (unpaired) electrons. The van der Waals surface area contributed by atoms with E-state index in [1.165, 1.54) is 11.1 Å². The molecule has 0 aliphatic carbocycles. The minimum absolute atomic E-state index is 0.0688. The fraction of sp³-hybridized carbons (Fsp3) is 0.316. The Morgan fingerprint density at radius 1 is 0.579 bits per heavy atom. The summed E-state index contributed by atoms with van der Waals surface area (Å²) in [5.41, 5.74) is 2.47. The van der Waals surface area contributed by atoms with Crippen LogP contribution in [0.15, 0.2) is 60.7 Å². The third kappa shape index (κ3) is 3.26. The molecule has 0 unspecified atom stereocenters. The fourth-order valence-corrected chi connectivity index (χ4v) is 2.64. The fourth-order valence-electron chi connectivity index (χ4n) is 2.64. The van der Waals surface area contributed by atoms with Crippen LogP contribution in [0, 0.1) is 6.42 Å². The van der Waals surface area contributed by atoms with Crippen LogP contribution in [0.1, 0.15) is 38.8 Å². The molecule has 0 aromatic heterocycles. The molecule has 0 nitrogen and oxygen atoms in total. The Balaban J connectivity index is 2.25. The first-order valence-corrected chi connectivity index (χ1v) is 6.82. The van der Waals surface area contributed by atoms with Crippen molar-refractivity contribution in [3.05, 3.63) is 78.2 Å².